The molecule has 0 aliphatic carbocycles. The van der Waals surface area contributed by atoms with E-state index < -0.39 is 0 Å². The number of phenolic OH excluding ortho intramolecular Hbond substituents is 1. The predicted molar refractivity (Wildman–Crippen MR) is 61.4 cm³/mol. The Bertz CT molecular complexity index is 500. The van der Waals surface area contributed by atoms with Crippen LogP contribution in [0.15, 0.2) is 36.4 Å². The molecule has 0 fully saturated rings. The minimum absolute atomic E-state index is 0.170. The van der Waals surface area contributed by atoms with Crippen LogP contribution in [0.5, 0.6) is 5.75 Å². The van der Waals surface area contributed by atoms with Crippen LogP contribution in [-0.2, 0) is 0 Å². The number of halogens is 2. The largest absolute Gasteiger partial charge is 0.507 e. The highest BCUT2D eigenvalue weighted by Crippen LogP contribution is 2.33. The first kappa shape index (κ1) is 10.3. The zero-order valence-electron chi connectivity index (χ0n) is 7.61. The predicted octanol–water partition coefficient (Wildman–Crippen LogP) is 3.76. The smallest absolute Gasteiger partial charge is 0.138 e. The monoisotopic (exact) mass is 239 g/mol. The van der Waals surface area contributed by atoms with Crippen molar-refractivity contribution >= 4 is 23.2 Å². The number of phenols is 1. The second kappa shape index (κ2) is 4.09. The standard InChI is InChI=1S/C11H7Cl2NO/c12-10-6-5-8(11(13)14-10)7-3-1-2-4-9(7)15/h1-6,15H. The number of benzene rings is 1. The van der Waals surface area contributed by atoms with Crippen LogP contribution >= 0.6 is 23.2 Å². The van der Waals surface area contributed by atoms with Gasteiger partial charge in [-0.25, -0.2) is 4.98 Å². The van der Waals surface area contributed by atoms with E-state index in [-0.39, 0.29) is 10.9 Å². The van der Waals surface area contributed by atoms with E-state index in [0.717, 1.165) is 0 Å². The summed E-state index contributed by atoms with van der Waals surface area (Å²) in [5.41, 5.74) is 1.31. The molecule has 1 aromatic carbocycles. The van der Waals surface area contributed by atoms with Crippen LogP contribution in [0, 0.1) is 0 Å². The van der Waals surface area contributed by atoms with Gasteiger partial charge in [0.15, 0.2) is 0 Å². The molecule has 0 aliphatic heterocycles. The van der Waals surface area contributed by atoms with Gasteiger partial charge in [-0.2, -0.15) is 0 Å². The SMILES string of the molecule is Oc1ccccc1-c1ccc(Cl)nc1Cl. The molecule has 0 aliphatic rings. The molecule has 0 saturated carbocycles. The molecule has 1 N–H and O–H groups in total. The van der Waals surface area contributed by atoms with Crippen molar-refractivity contribution in [2.45, 2.75) is 0 Å². The zero-order chi connectivity index (χ0) is 10.8. The Labute approximate surface area is 97.1 Å². The molecule has 2 nitrogen and oxygen atoms in total. The summed E-state index contributed by atoms with van der Waals surface area (Å²) in [6.07, 6.45) is 0. The lowest BCUT2D eigenvalue weighted by Crippen LogP contribution is -1.84. The second-order valence-corrected chi connectivity index (χ2v) is 3.73. The van der Waals surface area contributed by atoms with Crippen LogP contribution in [0.25, 0.3) is 11.1 Å². The van der Waals surface area contributed by atoms with Crippen LogP contribution in [0.4, 0.5) is 0 Å². The summed E-state index contributed by atoms with van der Waals surface area (Å²) < 4.78 is 0. The molecule has 0 bridgehead atoms. The fraction of sp³-hybridized carbons (Fsp3) is 0. The number of hydrogen-bond acceptors (Lipinski definition) is 2. The average molecular weight is 240 g/mol. The van der Waals surface area contributed by atoms with Gasteiger partial charge >= 0.3 is 0 Å². The average Bonchev–Trinajstić information content (AvgIpc) is 2.20. The van der Waals surface area contributed by atoms with Crippen LogP contribution in [-0.4, -0.2) is 10.1 Å². The number of pyridine rings is 1. The molecule has 0 radical (unpaired) electrons. The summed E-state index contributed by atoms with van der Waals surface area (Å²) in [5.74, 6) is 0.170. The number of nitrogens with zero attached hydrogens (tertiary/aromatic N) is 1. The molecule has 0 unspecified atom stereocenters. The summed E-state index contributed by atoms with van der Waals surface area (Å²) in [6.45, 7) is 0. The lowest BCUT2D eigenvalue weighted by Gasteiger charge is -2.05. The number of aromatic nitrogens is 1. The molecule has 2 rings (SSSR count). The van der Waals surface area contributed by atoms with Crippen molar-refractivity contribution in [2.75, 3.05) is 0 Å². The molecule has 0 spiro atoms. The third-order valence-electron chi connectivity index (χ3n) is 2.01. The van der Waals surface area contributed by atoms with Crippen molar-refractivity contribution in [3.8, 4) is 16.9 Å². The van der Waals surface area contributed by atoms with E-state index in [1.807, 2.05) is 6.07 Å². The number of rotatable bonds is 1. The van der Waals surface area contributed by atoms with Crippen molar-refractivity contribution in [1.82, 2.24) is 4.98 Å². The van der Waals surface area contributed by atoms with Gasteiger partial charge in [0.25, 0.3) is 0 Å². The summed E-state index contributed by atoms with van der Waals surface area (Å²) in [7, 11) is 0. The summed E-state index contributed by atoms with van der Waals surface area (Å²) in [5, 5.41) is 10.3. The third-order valence-corrected chi connectivity index (χ3v) is 2.51. The maximum Gasteiger partial charge on any atom is 0.138 e. The Kier molecular flexibility index (Phi) is 2.80. The lowest BCUT2D eigenvalue weighted by atomic mass is 10.1. The van der Waals surface area contributed by atoms with Crippen LogP contribution in [0.1, 0.15) is 0 Å². The van der Waals surface area contributed by atoms with Gasteiger partial charge in [0, 0.05) is 11.1 Å². The quantitative estimate of drug-likeness (QED) is 0.769. The Balaban J connectivity index is 2.60. The molecule has 0 saturated heterocycles. The van der Waals surface area contributed by atoms with E-state index in [2.05, 4.69) is 4.98 Å². The van der Waals surface area contributed by atoms with Crippen LogP contribution in [0.2, 0.25) is 10.3 Å². The molecule has 4 heteroatoms. The van der Waals surface area contributed by atoms with Gasteiger partial charge in [0.05, 0.1) is 0 Å². The third kappa shape index (κ3) is 2.06. The molecule has 76 valence electrons. The fourth-order valence-corrected chi connectivity index (χ4v) is 1.76. The van der Waals surface area contributed by atoms with E-state index in [1.54, 1.807) is 30.3 Å². The second-order valence-electron chi connectivity index (χ2n) is 2.99. The van der Waals surface area contributed by atoms with Gasteiger partial charge in [-0.3, -0.25) is 0 Å². The highest BCUT2D eigenvalue weighted by atomic mass is 35.5. The number of para-hydroxylation sites is 1. The maximum atomic E-state index is 9.64. The zero-order valence-corrected chi connectivity index (χ0v) is 9.13. The Morgan fingerprint density at radius 1 is 0.933 bits per heavy atom. The highest BCUT2D eigenvalue weighted by molar-refractivity contribution is 6.34. The molecular formula is C11H7Cl2NO. The van der Waals surface area contributed by atoms with Crippen molar-refractivity contribution in [1.29, 1.82) is 0 Å². The minimum atomic E-state index is 0.170. The first-order valence-electron chi connectivity index (χ1n) is 4.29. The van der Waals surface area contributed by atoms with Gasteiger partial charge in [-0.15, -0.1) is 0 Å². The minimum Gasteiger partial charge on any atom is -0.507 e. The van der Waals surface area contributed by atoms with E-state index in [4.69, 9.17) is 23.2 Å². The number of hydrogen-bond donors (Lipinski definition) is 1. The van der Waals surface area contributed by atoms with E-state index in [1.165, 1.54) is 0 Å². The van der Waals surface area contributed by atoms with E-state index >= 15 is 0 Å². The first-order chi connectivity index (χ1) is 7.18. The number of aromatic hydroxyl groups is 1. The van der Waals surface area contributed by atoms with Gasteiger partial charge < -0.3 is 5.11 Å². The topological polar surface area (TPSA) is 33.1 Å². The Hall–Kier alpha value is -1.25. The molecule has 0 atom stereocenters. The summed E-state index contributed by atoms with van der Waals surface area (Å²) in [6, 6.07) is 10.3. The van der Waals surface area contributed by atoms with Gasteiger partial charge in [0.1, 0.15) is 16.1 Å². The molecule has 0 amide bonds. The first-order valence-corrected chi connectivity index (χ1v) is 5.04. The fourth-order valence-electron chi connectivity index (χ4n) is 1.31. The Morgan fingerprint density at radius 3 is 2.33 bits per heavy atom. The van der Waals surface area contributed by atoms with Gasteiger partial charge in [-0.05, 0) is 18.2 Å². The van der Waals surface area contributed by atoms with Crippen LogP contribution in [0.3, 0.4) is 0 Å². The summed E-state index contributed by atoms with van der Waals surface area (Å²) in [4.78, 5) is 3.91. The van der Waals surface area contributed by atoms with Crippen LogP contribution < -0.4 is 0 Å². The van der Waals surface area contributed by atoms with Crippen molar-refractivity contribution in [3.05, 3.63) is 46.7 Å². The molecule has 1 aromatic heterocycles. The maximum absolute atomic E-state index is 9.64. The Morgan fingerprint density at radius 2 is 1.67 bits per heavy atom. The van der Waals surface area contributed by atoms with E-state index in [9.17, 15) is 5.11 Å². The summed E-state index contributed by atoms with van der Waals surface area (Å²) >= 11 is 11.6. The van der Waals surface area contributed by atoms with E-state index in [0.29, 0.717) is 16.3 Å². The van der Waals surface area contributed by atoms with Crippen molar-refractivity contribution < 1.29 is 5.11 Å². The molecule has 15 heavy (non-hydrogen) atoms. The molecule has 2 aromatic rings. The van der Waals surface area contributed by atoms with Crippen molar-refractivity contribution in [2.24, 2.45) is 0 Å². The highest BCUT2D eigenvalue weighted by Gasteiger charge is 2.08. The normalized spacial score (nSPS) is 10.3. The van der Waals surface area contributed by atoms with Crippen molar-refractivity contribution in [3.63, 3.8) is 0 Å². The van der Waals surface area contributed by atoms with Gasteiger partial charge in [-0.1, -0.05) is 41.4 Å². The van der Waals surface area contributed by atoms with Gasteiger partial charge in [0.2, 0.25) is 0 Å². The molecular weight excluding hydrogens is 233 g/mol. The lowest BCUT2D eigenvalue weighted by molar-refractivity contribution is 0.477. The molecule has 1 heterocycles.